The summed E-state index contributed by atoms with van der Waals surface area (Å²) in [6, 6.07) is 0.650. The number of aromatic nitrogens is 5. The third-order valence-corrected chi connectivity index (χ3v) is 7.79. The van der Waals surface area contributed by atoms with Crippen molar-refractivity contribution in [3.05, 3.63) is 42.2 Å². The molecule has 3 aromatic heterocycles. The van der Waals surface area contributed by atoms with Gasteiger partial charge in [0.2, 0.25) is 5.95 Å². The summed E-state index contributed by atoms with van der Waals surface area (Å²) in [5, 5.41) is 14.6. The number of carbonyl (C=O) groups is 1. The molecule has 3 aromatic rings. The molecule has 1 aliphatic carbocycles. The maximum absolute atomic E-state index is 12.9. The summed E-state index contributed by atoms with van der Waals surface area (Å²) < 4.78 is 2.34. The average molecular weight is 492 g/mol. The van der Waals surface area contributed by atoms with E-state index in [1.54, 1.807) is 12.4 Å². The molecule has 9 heteroatoms. The first kappa shape index (κ1) is 24.6. The number of rotatable bonds is 7. The summed E-state index contributed by atoms with van der Waals surface area (Å²) in [4.78, 5) is 32.4. The molecule has 0 aromatic carbocycles. The van der Waals surface area contributed by atoms with Crippen molar-refractivity contribution >= 4 is 22.9 Å². The van der Waals surface area contributed by atoms with Crippen LogP contribution < -0.4 is 5.32 Å². The van der Waals surface area contributed by atoms with Gasteiger partial charge in [0.1, 0.15) is 12.0 Å². The number of aliphatic hydroxyl groups excluding tert-OH is 1. The smallest absolute Gasteiger partial charge is 0.256 e. The van der Waals surface area contributed by atoms with E-state index < -0.39 is 0 Å². The zero-order chi connectivity index (χ0) is 25.1. The monoisotopic (exact) mass is 491 g/mol. The molecule has 0 unspecified atom stereocenters. The Kier molecular flexibility index (Phi) is 7.46. The van der Waals surface area contributed by atoms with Crippen LogP contribution >= 0.6 is 0 Å². The molecule has 36 heavy (non-hydrogen) atoms. The lowest BCUT2D eigenvalue weighted by Gasteiger charge is -2.32. The van der Waals surface area contributed by atoms with Gasteiger partial charge in [0.05, 0.1) is 11.7 Å². The van der Waals surface area contributed by atoms with E-state index in [0.717, 1.165) is 62.4 Å². The Labute approximate surface area is 212 Å². The second-order valence-electron chi connectivity index (χ2n) is 10.4. The Balaban J connectivity index is 1.39. The number of nitrogens with one attached hydrogen (secondary N) is 1. The molecule has 0 bridgehead atoms. The number of amides is 1. The van der Waals surface area contributed by atoms with Crippen molar-refractivity contribution in [3.8, 4) is 0 Å². The fraction of sp³-hybridized carbons (Fsp3) is 0.593. The number of aliphatic hydroxyl groups is 1. The number of nitrogens with zero attached hydrogens (tertiary/aromatic N) is 6. The van der Waals surface area contributed by atoms with E-state index in [4.69, 9.17) is 4.98 Å². The average Bonchev–Trinajstić information content (AvgIpc) is 3.28. The summed E-state index contributed by atoms with van der Waals surface area (Å²) in [5.74, 6) is 1.02. The number of piperidine rings is 1. The zero-order valence-corrected chi connectivity index (χ0v) is 21.3. The third-order valence-electron chi connectivity index (χ3n) is 7.79. The van der Waals surface area contributed by atoms with Gasteiger partial charge >= 0.3 is 0 Å². The van der Waals surface area contributed by atoms with E-state index in [2.05, 4.69) is 44.9 Å². The molecule has 2 fully saturated rings. The summed E-state index contributed by atoms with van der Waals surface area (Å²) in [5.41, 5.74) is 2.80. The summed E-state index contributed by atoms with van der Waals surface area (Å²) in [7, 11) is 0. The van der Waals surface area contributed by atoms with Crippen LogP contribution in [0.3, 0.4) is 0 Å². The molecule has 1 aliphatic heterocycles. The van der Waals surface area contributed by atoms with Crippen molar-refractivity contribution in [2.24, 2.45) is 0 Å². The zero-order valence-electron chi connectivity index (χ0n) is 21.3. The fourth-order valence-corrected chi connectivity index (χ4v) is 5.77. The quantitative estimate of drug-likeness (QED) is 0.507. The maximum Gasteiger partial charge on any atom is 0.256 e. The molecule has 9 nitrogen and oxygen atoms in total. The van der Waals surface area contributed by atoms with E-state index >= 15 is 0 Å². The van der Waals surface area contributed by atoms with Crippen LogP contribution in [-0.2, 0) is 0 Å². The molecule has 0 radical (unpaired) electrons. The van der Waals surface area contributed by atoms with Gasteiger partial charge in [0.15, 0.2) is 0 Å². The minimum atomic E-state index is -0.193. The maximum atomic E-state index is 12.9. The van der Waals surface area contributed by atoms with Crippen molar-refractivity contribution in [1.82, 2.24) is 29.4 Å². The molecule has 2 N–H and O–H groups in total. The van der Waals surface area contributed by atoms with Gasteiger partial charge in [-0.05, 0) is 63.4 Å². The van der Waals surface area contributed by atoms with Gasteiger partial charge in [0.25, 0.3) is 5.91 Å². The van der Waals surface area contributed by atoms with E-state index in [1.807, 2.05) is 11.1 Å². The first-order chi connectivity index (χ1) is 17.5. The van der Waals surface area contributed by atoms with Gasteiger partial charge in [-0.1, -0.05) is 13.3 Å². The highest BCUT2D eigenvalue weighted by atomic mass is 16.3. The van der Waals surface area contributed by atoms with Crippen LogP contribution in [0, 0.1) is 0 Å². The number of hydrogen-bond donors (Lipinski definition) is 2. The second-order valence-corrected chi connectivity index (χ2v) is 10.4. The number of anilines is 1. The van der Waals surface area contributed by atoms with Crippen LogP contribution in [0.2, 0.25) is 0 Å². The summed E-state index contributed by atoms with van der Waals surface area (Å²) >= 11 is 0. The normalized spacial score (nSPS) is 22.0. The first-order valence-corrected chi connectivity index (χ1v) is 13.4. The van der Waals surface area contributed by atoms with Crippen molar-refractivity contribution in [2.45, 2.75) is 89.3 Å². The largest absolute Gasteiger partial charge is 0.393 e. The SMILES string of the molecule is CCC[C@H](C)Nc1ncc2c(C3CCN(C(=O)c4cncnc4)CC3)cn(C3CCC(O)CC3)c2n1. The highest BCUT2D eigenvalue weighted by Gasteiger charge is 2.30. The Morgan fingerprint density at radius 1 is 1.11 bits per heavy atom. The molecular weight excluding hydrogens is 454 g/mol. The van der Waals surface area contributed by atoms with E-state index in [-0.39, 0.29) is 12.0 Å². The van der Waals surface area contributed by atoms with Crippen LogP contribution in [0.25, 0.3) is 11.0 Å². The molecule has 192 valence electrons. The predicted octanol–water partition coefficient (Wildman–Crippen LogP) is 4.32. The lowest BCUT2D eigenvalue weighted by atomic mass is 9.89. The number of hydrogen-bond acceptors (Lipinski definition) is 7. The molecule has 5 rings (SSSR count). The van der Waals surface area contributed by atoms with E-state index in [9.17, 15) is 9.90 Å². The van der Waals surface area contributed by atoms with E-state index in [0.29, 0.717) is 42.6 Å². The van der Waals surface area contributed by atoms with Crippen molar-refractivity contribution in [3.63, 3.8) is 0 Å². The Morgan fingerprint density at radius 3 is 2.53 bits per heavy atom. The summed E-state index contributed by atoms with van der Waals surface area (Å²) in [6.07, 6.45) is 16.2. The van der Waals surface area contributed by atoms with E-state index in [1.165, 1.54) is 11.9 Å². The molecule has 1 saturated carbocycles. The molecule has 1 amide bonds. The van der Waals surface area contributed by atoms with Gasteiger partial charge in [-0.25, -0.2) is 15.0 Å². The molecule has 1 saturated heterocycles. The van der Waals surface area contributed by atoms with Gasteiger partial charge in [-0.2, -0.15) is 4.98 Å². The van der Waals surface area contributed by atoms with Gasteiger partial charge < -0.3 is 19.9 Å². The lowest BCUT2D eigenvalue weighted by Crippen LogP contribution is -2.38. The molecule has 1 atom stereocenters. The van der Waals surface area contributed by atoms with Crippen LogP contribution in [0.4, 0.5) is 5.95 Å². The van der Waals surface area contributed by atoms with Crippen molar-refractivity contribution in [1.29, 1.82) is 0 Å². The van der Waals surface area contributed by atoms with Crippen molar-refractivity contribution < 1.29 is 9.90 Å². The predicted molar refractivity (Wildman–Crippen MR) is 139 cm³/mol. The minimum Gasteiger partial charge on any atom is -0.393 e. The molecular formula is C27H37N7O2. The third kappa shape index (κ3) is 5.21. The fourth-order valence-electron chi connectivity index (χ4n) is 5.77. The molecule has 4 heterocycles. The van der Waals surface area contributed by atoms with Crippen LogP contribution in [-0.4, -0.2) is 65.7 Å². The van der Waals surface area contributed by atoms with Crippen molar-refractivity contribution in [2.75, 3.05) is 18.4 Å². The Bertz CT molecular complexity index is 1170. The summed E-state index contributed by atoms with van der Waals surface area (Å²) in [6.45, 7) is 5.76. The Morgan fingerprint density at radius 2 is 1.83 bits per heavy atom. The minimum absolute atomic E-state index is 0.00232. The van der Waals surface area contributed by atoms with Crippen LogP contribution in [0.1, 0.15) is 93.1 Å². The lowest BCUT2D eigenvalue weighted by molar-refractivity contribution is 0.0712. The Hall–Kier alpha value is -3.07. The number of carbonyl (C=O) groups excluding carboxylic acids is 1. The van der Waals surface area contributed by atoms with Gasteiger partial charge in [0, 0.05) is 55.3 Å². The topological polar surface area (TPSA) is 109 Å². The highest BCUT2D eigenvalue weighted by Crippen LogP contribution is 2.38. The second kappa shape index (κ2) is 10.9. The molecule has 2 aliphatic rings. The first-order valence-electron chi connectivity index (χ1n) is 13.4. The van der Waals surface area contributed by atoms with Crippen LogP contribution in [0.5, 0.6) is 0 Å². The molecule has 0 spiro atoms. The standard InChI is InChI=1S/C27H37N7O2/c1-3-4-18(2)31-27-30-15-23-24(16-34(25(23)32-27)21-5-7-22(35)8-6-21)19-9-11-33(12-10-19)26(36)20-13-28-17-29-14-20/h13-19,21-22,35H,3-12H2,1-2H3,(H,30,31,32)/t18-,21?,22?/m0/s1. The highest BCUT2D eigenvalue weighted by molar-refractivity contribution is 5.93. The number of likely N-dealkylation sites (tertiary alicyclic amines) is 1. The van der Waals surface area contributed by atoms with Gasteiger partial charge in [-0.3, -0.25) is 4.79 Å². The number of fused-ring (bicyclic) bond motifs is 1. The van der Waals surface area contributed by atoms with Crippen LogP contribution in [0.15, 0.2) is 31.1 Å². The van der Waals surface area contributed by atoms with Gasteiger partial charge in [-0.15, -0.1) is 0 Å².